The molecule has 2 aromatic rings. The molecule has 0 aromatic heterocycles. The number of fused-ring (bicyclic) bond motifs is 1. The number of aliphatic hydroxyl groups excluding tert-OH is 1. The molecule has 0 radical (unpaired) electrons. The molecule has 1 aliphatic rings. The molecule has 25 heavy (non-hydrogen) atoms. The molecule has 1 fully saturated rings. The van der Waals surface area contributed by atoms with Gasteiger partial charge in [0.05, 0.1) is 12.7 Å². The lowest BCUT2D eigenvalue weighted by molar-refractivity contribution is 0.0226. The number of hydrogen-bond acceptors (Lipinski definition) is 5. The summed E-state index contributed by atoms with van der Waals surface area (Å²) in [5.41, 5.74) is 0. The van der Waals surface area contributed by atoms with Crippen molar-refractivity contribution in [3.05, 3.63) is 42.5 Å². The van der Waals surface area contributed by atoms with E-state index in [2.05, 4.69) is 34.1 Å². The highest BCUT2D eigenvalue weighted by Crippen LogP contribution is 2.25. The molecule has 0 bridgehead atoms. The van der Waals surface area contributed by atoms with Crippen molar-refractivity contribution in [2.24, 2.45) is 0 Å². The first-order valence-electron chi connectivity index (χ1n) is 8.98. The number of aliphatic hydroxyl groups is 1. The van der Waals surface area contributed by atoms with E-state index in [4.69, 9.17) is 9.47 Å². The predicted molar refractivity (Wildman–Crippen MR) is 100 cm³/mol. The summed E-state index contributed by atoms with van der Waals surface area (Å²) >= 11 is 0. The summed E-state index contributed by atoms with van der Waals surface area (Å²) < 4.78 is 11.0. The summed E-state index contributed by atoms with van der Waals surface area (Å²) in [6, 6.07) is 14.5. The van der Waals surface area contributed by atoms with Crippen LogP contribution in [0, 0.1) is 0 Å². The van der Waals surface area contributed by atoms with Gasteiger partial charge in [-0.1, -0.05) is 36.4 Å². The topological polar surface area (TPSA) is 45.2 Å². The zero-order valence-electron chi connectivity index (χ0n) is 14.9. The second-order valence-electron chi connectivity index (χ2n) is 6.58. The fraction of sp³-hybridized carbons (Fsp3) is 0.500. The maximum absolute atomic E-state index is 9.82. The van der Waals surface area contributed by atoms with Crippen LogP contribution in [0.15, 0.2) is 42.5 Å². The van der Waals surface area contributed by atoms with Crippen LogP contribution in [-0.2, 0) is 4.74 Å². The van der Waals surface area contributed by atoms with E-state index in [0.717, 1.165) is 38.5 Å². The summed E-state index contributed by atoms with van der Waals surface area (Å²) in [5.74, 6) is 0.958. The first kappa shape index (κ1) is 18.1. The van der Waals surface area contributed by atoms with Gasteiger partial charge < -0.3 is 14.6 Å². The summed E-state index contributed by atoms with van der Waals surface area (Å²) in [7, 11) is 1.62. The molecule has 0 amide bonds. The van der Waals surface area contributed by atoms with Crippen LogP contribution < -0.4 is 4.74 Å². The molecular weight excluding hydrogens is 316 g/mol. The summed E-state index contributed by atoms with van der Waals surface area (Å²) in [6.07, 6.45) is -0.397. The Morgan fingerprint density at radius 1 is 1.00 bits per heavy atom. The van der Waals surface area contributed by atoms with Crippen LogP contribution in [0.4, 0.5) is 0 Å². The zero-order chi connectivity index (χ0) is 17.5. The van der Waals surface area contributed by atoms with Crippen molar-refractivity contribution in [3.8, 4) is 5.75 Å². The third-order valence-corrected chi connectivity index (χ3v) is 4.71. The second kappa shape index (κ2) is 9.15. The standard InChI is InChI=1S/C20H28N2O3/c1-24-16-18(23)15-22-11-9-21(10-12-22)13-14-25-20-8-4-6-17-5-2-3-7-19(17)20/h2-8,18,23H,9-16H2,1H3/t18-/m0/s1. The molecule has 136 valence electrons. The summed E-state index contributed by atoms with van der Waals surface area (Å²) in [6.45, 7) is 6.70. The maximum Gasteiger partial charge on any atom is 0.127 e. The normalized spacial score (nSPS) is 17.7. The van der Waals surface area contributed by atoms with E-state index in [9.17, 15) is 5.11 Å². The first-order valence-corrected chi connectivity index (χ1v) is 8.98. The van der Waals surface area contributed by atoms with Gasteiger partial charge in [-0.3, -0.25) is 9.80 Å². The molecule has 1 aliphatic heterocycles. The number of benzene rings is 2. The molecule has 2 aromatic carbocycles. The Labute approximate surface area is 149 Å². The van der Waals surface area contributed by atoms with E-state index in [0.29, 0.717) is 19.8 Å². The number of methoxy groups -OCH3 is 1. The van der Waals surface area contributed by atoms with Crippen molar-refractivity contribution in [1.29, 1.82) is 0 Å². The van der Waals surface area contributed by atoms with Gasteiger partial charge in [0.1, 0.15) is 12.4 Å². The third kappa shape index (κ3) is 5.16. The van der Waals surface area contributed by atoms with Gasteiger partial charge in [-0.05, 0) is 11.5 Å². The molecule has 1 atom stereocenters. The van der Waals surface area contributed by atoms with Gasteiger partial charge in [0.15, 0.2) is 0 Å². The van der Waals surface area contributed by atoms with Gasteiger partial charge in [-0.15, -0.1) is 0 Å². The Bertz CT molecular complexity index is 651. The van der Waals surface area contributed by atoms with Gasteiger partial charge >= 0.3 is 0 Å². The van der Waals surface area contributed by atoms with Crippen molar-refractivity contribution >= 4 is 10.8 Å². The highest BCUT2D eigenvalue weighted by molar-refractivity contribution is 5.88. The molecule has 0 saturated carbocycles. The predicted octanol–water partition coefficient (Wildman–Crippen LogP) is 1.84. The van der Waals surface area contributed by atoms with E-state index in [1.165, 1.54) is 10.8 Å². The first-order chi connectivity index (χ1) is 12.3. The zero-order valence-corrected chi connectivity index (χ0v) is 14.9. The summed E-state index contributed by atoms with van der Waals surface area (Å²) in [5, 5.41) is 12.2. The quantitative estimate of drug-likeness (QED) is 0.792. The van der Waals surface area contributed by atoms with Crippen LogP contribution in [0.5, 0.6) is 5.75 Å². The average Bonchev–Trinajstić information content (AvgIpc) is 2.63. The number of β-amino-alcohol motifs (C(OH)–C–C–N with tert-alkyl or cyclic N) is 1. The summed E-state index contributed by atoms with van der Waals surface area (Å²) in [4.78, 5) is 4.72. The molecule has 0 aliphatic carbocycles. The Kier molecular flexibility index (Phi) is 6.64. The van der Waals surface area contributed by atoms with Crippen molar-refractivity contribution < 1.29 is 14.6 Å². The molecule has 1 saturated heterocycles. The Morgan fingerprint density at radius 2 is 1.72 bits per heavy atom. The van der Waals surface area contributed by atoms with Crippen LogP contribution in [0.2, 0.25) is 0 Å². The van der Waals surface area contributed by atoms with Crippen molar-refractivity contribution in [2.75, 3.05) is 59.6 Å². The number of ether oxygens (including phenoxy) is 2. The monoisotopic (exact) mass is 344 g/mol. The number of hydrogen-bond donors (Lipinski definition) is 1. The lowest BCUT2D eigenvalue weighted by Gasteiger charge is -2.35. The molecule has 1 N–H and O–H groups in total. The van der Waals surface area contributed by atoms with Gasteiger partial charge in [0, 0.05) is 51.8 Å². The molecule has 5 nitrogen and oxygen atoms in total. The lowest BCUT2D eigenvalue weighted by atomic mass is 10.1. The van der Waals surface area contributed by atoms with Crippen molar-refractivity contribution in [3.63, 3.8) is 0 Å². The Morgan fingerprint density at radius 3 is 2.52 bits per heavy atom. The average molecular weight is 344 g/mol. The van der Waals surface area contributed by atoms with Crippen LogP contribution in [0.3, 0.4) is 0 Å². The molecule has 1 heterocycles. The van der Waals surface area contributed by atoms with Crippen LogP contribution in [0.1, 0.15) is 0 Å². The maximum atomic E-state index is 9.82. The number of piperazine rings is 1. The SMILES string of the molecule is COC[C@@H](O)CN1CCN(CCOc2cccc3ccccc23)CC1. The van der Waals surface area contributed by atoms with Gasteiger partial charge in [0.25, 0.3) is 0 Å². The highest BCUT2D eigenvalue weighted by atomic mass is 16.5. The Hall–Kier alpha value is -1.66. The van der Waals surface area contributed by atoms with Crippen LogP contribution >= 0.6 is 0 Å². The lowest BCUT2D eigenvalue weighted by Crippen LogP contribution is -2.49. The fourth-order valence-corrected chi connectivity index (χ4v) is 3.34. The van der Waals surface area contributed by atoms with Gasteiger partial charge in [-0.25, -0.2) is 0 Å². The fourth-order valence-electron chi connectivity index (χ4n) is 3.34. The van der Waals surface area contributed by atoms with Crippen LogP contribution in [-0.4, -0.2) is 80.6 Å². The molecule has 3 rings (SSSR count). The third-order valence-electron chi connectivity index (χ3n) is 4.71. The number of nitrogens with zero attached hydrogens (tertiary/aromatic N) is 2. The van der Waals surface area contributed by atoms with E-state index >= 15 is 0 Å². The highest BCUT2D eigenvalue weighted by Gasteiger charge is 2.19. The van der Waals surface area contributed by atoms with E-state index in [1.54, 1.807) is 7.11 Å². The smallest absolute Gasteiger partial charge is 0.127 e. The van der Waals surface area contributed by atoms with Gasteiger partial charge in [-0.2, -0.15) is 0 Å². The van der Waals surface area contributed by atoms with E-state index in [1.807, 2.05) is 18.2 Å². The Balaban J connectivity index is 1.41. The van der Waals surface area contributed by atoms with Gasteiger partial charge in [0.2, 0.25) is 0 Å². The van der Waals surface area contributed by atoms with Crippen molar-refractivity contribution in [2.45, 2.75) is 6.10 Å². The number of rotatable bonds is 8. The van der Waals surface area contributed by atoms with E-state index in [-0.39, 0.29) is 0 Å². The minimum Gasteiger partial charge on any atom is -0.492 e. The van der Waals surface area contributed by atoms with Crippen LogP contribution in [0.25, 0.3) is 10.8 Å². The minimum atomic E-state index is -0.397. The molecule has 0 unspecified atom stereocenters. The molecule has 0 spiro atoms. The minimum absolute atomic E-state index is 0.397. The molecular formula is C20H28N2O3. The van der Waals surface area contributed by atoms with Crippen molar-refractivity contribution in [1.82, 2.24) is 9.80 Å². The second-order valence-corrected chi connectivity index (χ2v) is 6.58. The van der Waals surface area contributed by atoms with E-state index < -0.39 is 6.10 Å². The molecule has 5 heteroatoms. The largest absolute Gasteiger partial charge is 0.492 e.